The second-order valence-corrected chi connectivity index (χ2v) is 4.11. The van der Waals surface area contributed by atoms with Gasteiger partial charge in [-0.2, -0.15) is 0 Å². The quantitative estimate of drug-likeness (QED) is 0.643. The highest BCUT2D eigenvalue weighted by Gasteiger charge is 2.13. The second-order valence-electron chi connectivity index (χ2n) is 4.11. The lowest BCUT2D eigenvalue weighted by molar-refractivity contribution is 0.175. The summed E-state index contributed by atoms with van der Waals surface area (Å²) in [5.74, 6) is 0.227. The SMILES string of the molecule is CC(C)(C)c1ccc(OC(=O)F)cc1. The molecule has 0 aromatic heterocycles. The van der Waals surface area contributed by atoms with E-state index in [0.717, 1.165) is 5.56 Å². The van der Waals surface area contributed by atoms with E-state index in [1.807, 2.05) is 12.1 Å². The molecule has 0 unspecified atom stereocenters. The molecule has 14 heavy (non-hydrogen) atoms. The molecule has 0 fully saturated rings. The molecule has 2 nitrogen and oxygen atoms in total. The predicted molar refractivity (Wildman–Crippen MR) is 52.3 cm³/mol. The molecule has 0 atom stereocenters. The average molecular weight is 196 g/mol. The summed E-state index contributed by atoms with van der Waals surface area (Å²) in [6, 6.07) is 6.80. The molecule has 0 spiro atoms. The van der Waals surface area contributed by atoms with Crippen LogP contribution in [-0.2, 0) is 5.41 Å². The van der Waals surface area contributed by atoms with Gasteiger partial charge in [-0.15, -0.1) is 4.39 Å². The van der Waals surface area contributed by atoms with Crippen LogP contribution in [-0.4, -0.2) is 6.22 Å². The molecule has 1 aromatic rings. The molecule has 0 amide bonds. The summed E-state index contributed by atoms with van der Waals surface area (Å²) in [6.07, 6.45) is -1.78. The Bertz CT molecular complexity index is 322. The Morgan fingerprint density at radius 3 is 2.07 bits per heavy atom. The van der Waals surface area contributed by atoms with Crippen LogP contribution in [0.2, 0.25) is 0 Å². The van der Waals surface area contributed by atoms with Crippen molar-refractivity contribution in [3.8, 4) is 5.75 Å². The summed E-state index contributed by atoms with van der Waals surface area (Å²) >= 11 is 0. The monoisotopic (exact) mass is 196 g/mol. The third kappa shape index (κ3) is 2.83. The minimum Gasteiger partial charge on any atom is -0.401 e. The highest BCUT2D eigenvalue weighted by molar-refractivity contribution is 5.62. The van der Waals surface area contributed by atoms with E-state index in [0.29, 0.717) is 0 Å². The van der Waals surface area contributed by atoms with Crippen molar-refractivity contribution in [1.29, 1.82) is 0 Å². The van der Waals surface area contributed by atoms with E-state index >= 15 is 0 Å². The van der Waals surface area contributed by atoms with Crippen LogP contribution in [0.5, 0.6) is 5.75 Å². The Morgan fingerprint density at radius 1 is 1.21 bits per heavy atom. The normalized spacial score (nSPS) is 11.1. The fraction of sp³-hybridized carbons (Fsp3) is 0.364. The van der Waals surface area contributed by atoms with E-state index < -0.39 is 6.22 Å². The molecule has 0 N–H and O–H groups in total. The van der Waals surface area contributed by atoms with Gasteiger partial charge < -0.3 is 4.74 Å². The molecule has 0 bridgehead atoms. The average Bonchev–Trinajstić information content (AvgIpc) is 2.02. The van der Waals surface area contributed by atoms with Crippen LogP contribution in [0, 0.1) is 0 Å². The Morgan fingerprint density at radius 2 is 1.71 bits per heavy atom. The Balaban J connectivity index is 2.84. The van der Waals surface area contributed by atoms with Gasteiger partial charge in [-0.05, 0) is 23.1 Å². The van der Waals surface area contributed by atoms with Gasteiger partial charge >= 0.3 is 6.22 Å². The molecule has 0 aliphatic carbocycles. The van der Waals surface area contributed by atoms with Gasteiger partial charge in [0.25, 0.3) is 0 Å². The van der Waals surface area contributed by atoms with Gasteiger partial charge in [-0.1, -0.05) is 32.9 Å². The van der Waals surface area contributed by atoms with Gasteiger partial charge in [0.1, 0.15) is 5.75 Å². The van der Waals surface area contributed by atoms with Crippen LogP contribution in [0.3, 0.4) is 0 Å². The number of hydrogen-bond donors (Lipinski definition) is 0. The molecule has 1 aromatic carbocycles. The molecular weight excluding hydrogens is 183 g/mol. The van der Waals surface area contributed by atoms with Gasteiger partial charge in [-0.3, -0.25) is 0 Å². The molecule has 0 saturated heterocycles. The van der Waals surface area contributed by atoms with Crippen molar-refractivity contribution in [1.82, 2.24) is 0 Å². The molecule has 0 saturated carbocycles. The zero-order valence-electron chi connectivity index (χ0n) is 8.50. The Labute approximate surface area is 82.7 Å². The first-order valence-corrected chi connectivity index (χ1v) is 4.37. The third-order valence-electron chi connectivity index (χ3n) is 1.92. The molecule has 1 rings (SSSR count). The summed E-state index contributed by atoms with van der Waals surface area (Å²) in [5.41, 5.74) is 1.15. The Hall–Kier alpha value is -1.38. The van der Waals surface area contributed by atoms with Crippen LogP contribution in [0.4, 0.5) is 9.18 Å². The number of carbonyl (C=O) groups excluding carboxylic acids is 1. The molecule has 0 radical (unpaired) electrons. The highest BCUT2D eigenvalue weighted by atomic mass is 19.1. The van der Waals surface area contributed by atoms with Crippen LogP contribution in [0.1, 0.15) is 26.3 Å². The van der Waals surface area contributed by atoms with Gasteiger partial charge in [0.2, 0.25) is 0 Å². The minimum atomic E-state index is -1.78. The number of hydrogen-bond acceptors (Lipinski definition) is 2. The van der Waals surface area contributed by atoms with Gasteiger partial charge in [-0.25, -0.2) is 4.79 Å². The number of carbonyl (C=O) groups is 1. The molecular formula is C11H13FO2. The van der Waals surface area contributed by atoms with Crippen molar-refractivity contribution < 1.29 is 13.9 Å². The maximum absolute atomic E-state index is 11.9. The van der Waals surface area contributed by atoms with E-state index in [1.54, 1.807) is 12.1 Å². The summed E-state index contributed by atoms with van der Waals surface area (Å²) in [7, 11) is 0. The Kier molecular flexibility index (Phi) is 2.89. The number of rotatable bonds is 1. The van der Waals surface area contributed by atoms with Crippen LogP contribution < -0.4 is 4.74 Å². The predicted octanol–water partition coefficient (Wildman–Crippen LogP) is 3.45. The van der Waals surface area contributed by atoms with Gasteiger partial charge in [0, 0.05) is 0 Å². The van der Waals surface area contributed by atoms with Crippen molar-refractivity contribution in [3.63, 3.8) is 0 Å². The van der Waals surface area contributed by atoms with Crippen molar-refractivity contribution in [3.05, 3.63) is 29.8 Å². The third-order valence-corrected chi connectivity index (χ3v) is 1.92. The smallest absolute Gasteiger partial charge is 0.401 e. The van der Waals surface area contributed by atoms with E-state index in [1.165, 1.54) is 0 Å². The van der Waals surface area contributed by atoms with Crippen molar-refractivity contribution >= 4 is 6.22 Å². The maximum Gasteiger partial charge on any atom is 0.500 e. The first kappa shape index (κ1) is 10.7. The van der Waals surface area contributed by atoms with Crippen molar-refractivity contribution in [2.45, 2.75) is 26.2 Å². The summed E-state index contributed by atoms with van der Waals surface area (Å²) in [4.78, 5) is 10.0. The largest absolute Gasteiger partial charge is 0.500 e. The van der Waals surface area contributed by atoms with E-state index in [4.69, 9.17) is 0 Å². The van der Waals surface area contributed by atoms with Gasteiger partial charge in [0.15, 0.2) is 0 Å². The molecule has 0 aliphatic heterocycles. The standard InChI is InChI=1S/C11H13FO2/c1-11(2,3)8-4-6-9(7-5-8)14-10(12)13/h4-7H,1-3H3. The number of halogens is 1. The lowest BCUT2D eigenvalue weighted by atomic mass is 9.87. The number of ether oxygens (including phenoxy) is 1. The zero-order chi connectivity index (χ0) is 10.8. The fourth-order valence-electron chi connectivity index (χ4n) is 1.12. The maximum atomic E-state index is 11.9. The van der Waals surface area contributed by atoms with E-state index in [-0.39, 0.29) is 11.2 Å². The van der Waals surface area contributed by atoms with E-state index in [2.05, 4.69) is 25.5 Å². The summed E-state index contributed by atoms with van der Waals surface area (Å²) in [5, 5.41) is 0. The van der Waals surface area contributed by atoms with Gasteiger partial charge in [0.05, 0.1) is 0 Å². The molecule has 3 heteroatoms. The number of benzene rings is 1. The summed E-state index contributed by atoms with van der Waals surface area (Å²) in [6.45, 7) is 6.22. The van der Waals surface area contributed by atoms with E-state index in [9.17, 15) is 9.18 Å². The highest BCUT2D eigenvalue weighted by Crippen LogP contribution is 2.24. The van der Waals surface area contributed by atoms with Crippen LogP contribution in [0.15, 0.2) is 24.3 Å². The zero-order valence-corrected chi connectivity index (χ0v) is 8.50. The first-order valence-electron chi connectivity index (χ1n) is 4.37. The van der Waals surface area contributed by atoms with Crippen molar-refractivity contribution in [2.75, 3.05) is 0 Å². The molecule has 0 heterocycles. The molecule has 76 valence electrons. The lowest BCUT2D eigenvalue weighted by Crippen LogP contribution is -2.10. The first-order chi connectivity index (χ1) is 6.39. The van der Waals surface area contributed by atoms with Crippen LogP contribution >= 0.6 is 0 Å². The topological polar surface area (TPSA) is 26.3 Å². The van der Waals surface area contributed by atoms with Crippen molar-refractivity contribution in [2.24, 2.45) is 0 Å². The lowest BCUT2D eigenvalue weighted by Gasteiger charge is -2.18. The van der Waals surface area contributed by atoms with Crippen LogP contribution in [0.25, 0.3) is 0 Å². The second kappa shape index (κ2) is 3.78. The molecule has 0 aliphatic rings. The minimum absolute atomic E-state index is 0.0399. The fourth-order valence-corrected chi connectivity index (χ4v) is 1.12. The summed E-state index contributed by atoms with van der Waals surface area (Å²) < 4.78 is 16.1.